The van der Waals surface area contributed by atoms with Crippen LogP contribution in [-0.2, 0) is 10.0 Å². The van der Waals surface area contributed by atoms with Gasteiger partial charge in [-0.25, -0.2) is 8.42 Å². The second-order valence-corrected chi connectivity index (χ2v) is 7.92. The van der Waals surface area contributed by atoms with E-state index in [0.717, 1.165) is 6.42 Å². The number of carbonyl (C=O) groups excluding carboxylic acids is 1. The second kappa shape index (κ2) is 8.23. The number of hydrogen-bond acceptors (Lipinski definition) is 4. The minimum atomic E-state index is -3.77. The number of amides is 1. The standard InChI is InChI=1S/C19H24N2O4S/c1-5-14(2)20-19(22)15-10-12-16(13-11-15)26(23,24)21(3)17-8-6-7-9-18(17)25-4/h6-14H,5H2,1-4H3,(H,20,22)/t14-/m1/s1. The maximum Gasteiger partial charge on any atom is 0.264 e. The quantitative estimate of drug-likeness (QED) is 0.806. The summed E-state index contributed by atoms with van der Waals surface area (Å²) in [5.41, 5.74) is 0.859. The predicted octanol–water partition coefficient (Wildman–Crippen LogP) is 3.05. The lowest BCUT2D eigenvalue weighted by atomic mass is 10.2. The Kier molecular flexibility index (Phi) is 6.26. The Labute approximate surface area is 154 Å². The Hall–Kier alpha value is -2.54. The fourth-order valence-electron chi connectivity index (χ4n) is 2.36. The van der Waals surface area contributed by atoms with Gasteiger partial charge in [0, 0.05) is 18.7 Å². The summed E-state index contributed by atoms with van der Waals surface area (Å²) in [6.07, 6.45) is 0.821. The molecular weight excluding hydrogens is 352 g/mol. The zero-order valence-corrected chi connectivity index (χ0v) is 16.2. The van der Waals surface area contributed by atoms with Gasteiger partial charge in [0.1, 0.15) is 5.75 Å². The Morgan fingerprint density at radius 1 is 1.15 bits per heavy atom. The van der Waals surface area contributed by atoms with Crippen molar-refractivity contribution < 1.29 is 17.9 Å². The van der Waals surface area contributed by atoms with Crippen molar-refractivity contribution in [1.82, 2.24) is 5.32 Å². The number of sulfonamides is 1. The number of nitrogens with one attached hydrogen (secondary N) is 1. The minimum Gasteiger partial charge on any atom is -0.495 e. The van der Waals surface area contributed by atoms with Crippen LogP contribution in [0.15, 0.2) is 53.4 Å². The molecule has 0 fully saturated rings. The van der Waals surface area contributed by atoms with E-state index in [4.69, 9.17) is 4.74 Å². The van der Waals surface area contributed by atoms with Crippen LogP contribution in [0.1, 0.15) is 30.6 Å². The molecule has 0 aliphatic rings. The van der Waals surface area contributed by atoms with Gasteiger partial charge < -0.3 is 10.1 Å². The van der Waals surface area contributed by atoms with Crippen LogP contribution in [0.4, 0.5) is 5.69 Å². The number of ether oxygens (including phenoxy) is 1. The first-order valence-electron chi connectivity index (χ1n) is 8.34. The van der Waals surface area contributed by atoms with Gasteiger partial charge >= 0.3 is 0 Å². The third kappa shape index (κ3) is 4.16. The van der Waals surface area contributed by atoms with Crippen molar-refractivity contribution >= 4 is 21.6 Å². The van der Waals surface area contributed by atoms with Crippen molar-refractivity contribution in [1.29, 1.82) is 0 Å². The Balaban J connectivity index is 2.28. The van der Waals surface area contributed by atoms with Crippen LogP contribution < -0.4 is 14.4 Å². The second-order valence-electron chi connectivity index (χ2n) is 5.95. The summed E-state index contributed by atoms with van der Waals surface area (Å²) in [6, 6.07) is 12.8. The molecule has 0 unspecified atom stereocenters. The summed E-state index contributed by atoms with van der Waals surface area (Å²) in [6.45, 7) is 3.90. The van der Waals surface area contributed by atoms with Crippen molar-refractivity contribution in [2.45, 2.75) is 31.2 Å². The zero-order valence-electron chi connectivity index (χ0n) is 15.4. The Bertz CT molecular complexity index is 863. The zero-order chi connectivity index (χ0) is 19.3. The molecule has 7 heteroatoms. The fourth-order valence-corrected chi connectivity index (χ4v) is 3.57. The summed E-state index contributed by atoms with van der Waals surface area (Å²) >= 11 is 0. The van der Waals surface area contributed by atoms with Gasteiger partial charge in [-0.05, 0) is 49.7 Å². The molecule has 26 heavy (non-hydrogen) atoms. The molecule has 1 amide bonds. The average molecular weight is 376 g/mol. The summed E-state index contributed by atoms with van der Waals surface area (Å²) in [5, 5.41) is 2.85. The van der Waals surface area contributed by atoms with Crippen LogP contribution >= 0.6 is 0 Å². The largest absolute Gasteiger partial charge is 0.495 e. The minimum absolute atomic E-state index is 0.0580. The molecule has 2 aromatic rings. The fraction of sp³-hybridized carbons (Fsp3) is 0.316. The van der Waals surface area contributed by atoms with Crippen molar-refractivity contribution in [2.75, 3.05) is 18.5 Å². The van der Waals surface area contributed by atoms with E-state index in [2.05, 4.69) is 5.32 Å². The lowest BCUT2D eigenvalue weighted by Gasteiger charge is -2.21. The molecule has 0 heterocycles. The number of para-hydroxylation sites is 2. The highest BCUT2D eigenvalue weighted by Gasteiger charge is 2.24. The summed E-state index contributed by atoms with van der Waals surface area (Å²) < 4.78 is 32.2. The normalized spacial score (nSPS) is 12.3. The van der Waals surface area contributed by atoms with Crippen molar-refractivity contribution in [3.05, 3.63) is 54.1 Å². The molecule has 0 saturated carbocycles. The van der Waals surface area contributed by atoms with Gasteiger partial charge in [0.25, 0.3) is 15.9 Å². The molecule has 2 aromatic carbocycles. The first-order chi connectivity index (χ1) is 12.3. The van der Waals surface area contributed by atoms with E-state index < -0.39 is 10.0 Å². The molecule has 0 saturated heterocycles. The number of nitrogens with zero attached hydrogens (tertiary/aromatic N) is 1. The van der Waals surface area contributed by atoms with E-state index >= 15 is 0 Å². The predicted molar refractivity (Wildman–Crippen MR) is 102 cm³/mol. The van der Waals surface area contributed by atoms with E-state index in [-0.39, 0.29) is 16.8 Å². The van der Waals surface area contributed by atoms with Crippen LogP contribution in [0.3, 0.4) is 0 Å². The van der Waals surface area contributed by atoms with Crippen LogP contribution in [0.25, 0.3) is 0 Å². The monoisotopic (exact) mass is 376 g/mol. The molecule has 1 atom stereocenters. The molecule has 0 radical (unpaired) electrons. The molecule has 0 aliphatic heterocycles. The third-order valence-corrected chi connectivity index (χ3v) is 5.97. The van der Waals surface area contributed by atoms with E-state index in [1.54, 1.807) is 24.3 Å². The van der Waals surface area contributed by atoms with Crippen molar-refractivity contribution in [3.63, 3.8) is 0 Å². The SMILES string of the molecule is CC[C@@H](C)NC(=O)c1ccc(S(=O)(=O)N(C)c2ccccc2OC)cc1. The van der Waals surface area contributed by atoms with Gasteiger partial charge in [-0.3, -0.25) is 9.10 Å². The Morgan fingerprint density at radius 3 is 2.35 bits per heavy atom. The molecule has 6 nitrogen and oxygen atoms in total. The maximum atomic E-state index is 12.9. The highest BCUT2D eigenvalue weighted by molar-refractivity contribution is 7.92. The maximum absolute atomic E-state index is 12.9. The van der Waals surface area contributed by atoms with Gasteiger partial charge in [-0.1, -0.05) is 19.1 Å². The number of rotatable bonds is 7. The number of carbonyl (C=O) groups is 1. The highest BCUT2D eigenvalue weighted by Crippen LogP contribution is 2.30. The van der Waals surface area contributed by atoms with Crippen LogP contribution in [-0.4, -0.2) is 34.5 Å². The highest BCUT2D eigenvalue weighted by atomic mass is 32.2. The molecule has 2 rings (SSSR count). The van der Waals surface area contributed by atoms with Crippen LogP contribution in [0, 0.1) is 0 Å². The molecule has 0 bridgehead atoms. The first-order valence-corrected chi connectivity index (χ1v) is 9.78. The average Bonchev–Trinajstić information content (AvgIpc) is 2.67. The topological polar surface area (TPSA) is 75.7 Å². The number of methoxy groups -OCH3 is 1. The lowest BCUT2D eigenvalue weighted by molar-refractivity contribution is 0.0939. The Morgan fingerprint density at radius 2 is 1.77 bits per heavy atom. The third-order valence-electron chi connectivity index (χ3n) is 4.19. The van der Waals surface area contributed by atoms with Gasteiger partial charge in [-0.2, -0.15) is 0 Å². The first kappa shape index (κ1) is 19.8. The van der Waals surface area contributed by atoms with E-state index in [0.29, 0.717) is 17.0 Å². The summed E-state index contributed by atoms with van der Waals surface area (Å²) in [5.74, 6) is 0.240. The van der Waals surface area contributed by atoms with Gasteiger partial charge in [0.05, 0.1) is 17.7 Å². The number of benzene rings is 2. The number of hydrogen-bond donors (Lipinski definition) is 1. The number of anilines is 1. The van der Waals surface area contributed by atoms with Crippen molar-refractivity contribution in [2.24, 2.45) is 0 Å². The molecule has 0 aromatic heterocycles. The van der Waals surface area contributed by atoms with Crippen LogP contribution in [0.5, 0.6) is 5.75 Å². The summed E-state index contributed by atoms with van der Waals surface area (Å²) in [7, 11) is -0.814. The molecule has 0 spiro atoms. The smallest absolute Gasteiger partial charge is 0.264 e. The van der Waals surface area contributed by atoms with E-state index in [1.165, 1.54) is 42.7 Å². The molecular formula is C19H24N2O4S. The summed E-state index contributed by atoms with van der Waals surface area (Å²) in [4.78, 5) is 12.2. The van der Waals surface area contributed by atoms with Crippen molar-refractivity contribution in [3.8, 4) is 5.75 Å². The molecule has 0 aliphatic carbocycles. The molecule has 1 N–H and O–H groups in total. The lowest BCUT2D eigenvalue weighted by Crippen LogP contribution is -2.32. The van der Waals surface area contributed by atoms with E-state index in [9.17, 15) is 13.2 Å². The van der Waals surface area contributed by atoms with Gasteiger partial charge in [0.15, 0.2) is 0 Å². The van der Waals surface area contributed by atoms with Gasteiger partial charge in [0.2, 0.25) is 0 Å². The molecule has 140 valence electrons. The van der Waals surface area contributed by atoms with Crippen LogP contribution in [0.2, 0.25) is 0 Å². The van der Waals surface area contributed by atoms with E-state index in [1.807, 2.05) is 13.8 Å². The van der Waals surface area contributed by atoms with Gasteiger partial charge in [-0.15, -0.1) is 0 Å².